The number of nitrogen functional groups attached to an aromatic ring is 1. The van der Waals surface area contributed by atoms with Crippen LogP contribution in [0.2, 0.25) is 0 Å². The number of benzene rings is 1. The molecule has 1 aliphatic carbocycles. The second-order valence-electron chi connectivity index (χ2n) is 4.56. The maximum Gasteiger partial charge on any atom is 0.180 e. The number of rotatable bonds is 3. The summed E-state index contributed by atoms with van der Waals surface area (Å²) in [5.41, 5.74) is 7.86. The highest BCUT2D eigenvalue weighted by molar-refractivity contribution is 9.10. The third kappa shape index (κ3) is 2.42. The fraction of sp³-hybridized carbons (Fsp3) is 0.308. The molecule has 0 saturated heterocycles. The number of halogens is 2. The molecule has 5 heteroatoms. The van der Waals surface area contributed by atoms with E-state index >= 15 is 0 Å². The molecule has 3 rings (SSSR count). The lowest BCUT2D eigenvalue weighted by atomic mass is 10.1. The van der Waals surface area contributed by atoms with Crippen molar-refractivity contribution in [3.05, 3.63) is 44.6 Å². The van der Waals surface area contributed by atoms with Gasteiger partial charge in [-0.05, 0) is 46.5 Å². The van der Waals surface area contributed by atoms with Crippen molar-refractivity contribution in [1.29, 1.82) is 0 Å². The van der Waals surface area contributed by atoms with Crippen LogP contribution < -0.4 is 5.73 Å². The number of aromatic nitrogens is 1. The molecule has 0 unspecified atom stereocenters. The lowest BCUT2D eigenvalue weighted by molar-refractivity contribution is 0.619. The van der Waals surface area contributed by atoms with E-state index in [4.69, 9.17) is 5.73 Å². The van der Waals surface area contributed by atoms with E-state index in [-0.39, 0.29) is 5.82 Å². The van der Waals surface area contributed by atoms with Gasteiger partial charge in [0.05, 0.1) is 10.2 Å². The van der Waals surface area contributed by atoms with Gasteiger partial charge in [-0.1, -0.05) is 6.07 Å². The molecular formula is C13H12BrFN2S. The van der Waals surface area contributed by atoms with Gasteiger partial charge in [0.15, 0.2) is 5.13 Å². The normalized spacial score (nSPS) is 15.0. The number of nitrogens with two attached hydrogens (primary N) is 1. The summed E-state index contributed by atoms with van der Waals surface area (Å²) in [6.45, 7) is 0. The van der Waals surface area contributed by atoms with Crippen molar-refractivity contribution in [2.45, 2.75) is 25.2 Å². The van der Waals surface area contributed by atoms with Crippen LogP contribution in [-0.2, 0) is 6.42 Å². The molecular weight excluding hydrogens is 315 g/mol. The molecule has 18 heavy (non-hydrogen) atoms. The van der Waals surface area contributed by atoms with Gasteiger partial charge in [-0.2, -0.15) is 0 Å². The maximum atomic E-state index is 13.5. The molecule has 1 fully saturated rings. The molecule has 2 nitrogen and oxygen atoms in total. The highest BCUT2D eigenvalue weighted by atomic mass is 79.9. The molecule has 1 aliphatic rings. The van der Waals surface area contributed by atoms with Crippen LogP contribution in [-0.4, -0.2) is 4.98 Å². The third-order valence-electron chi connectivity index (χ3n) is 3.06. The van der Waals surface area contributed by atoms with Crippen molar-refractivity contribution < 1.29 is 4.39 Å². The van der Waals surface area contributed by atoms with Crippen LogP contribution in [0.5, 0.6) is 0 Å². The second-order valence-corrected chi connectivity index (χ2v) is 6.53. The zero-order valence-corrected chi connectivity index (χ0v) is 12.0. The van der Waals surface area contributed by atoms with Gasteiger partial charge in [-0.15, -0.1) is 11.3 Å². The largest absolute Gasteiger partial charge is 0.375 e. The lowest BCUT2D eigenvalue weighted by Gasteiger charge is -2.03. The van der Waals surface area contributed by atoms with E-state index in [1.54, 1.807) is 12.1 Å². The van der Waals surface area contributed by atoms with E-state index in [0.29, 0.717) is 21.9 Å². The maximum absolute atomic E-state index is 13.5. The van der Waals surface area contributed by atoms with Gasteiger partial charge < -0.3 is 5.73 Å². The molecule has 0 spiro atoms. The van der Waals surface area contributed by atoms with Gasteiger partial charge in [0.25, 0.3) is 0 Å². The van der Waals surface area contributed by atoms with E-state index in [1.165, 1.54) is 29.1 Å². The Morgan fingerprint density at radius 1 is 1.44 bits per heavy atom. The molecule has 94 valence electrons. The molecule has 1 heterocycles. The van der Waals surface area contributed by atoms with Gasteiger partial charge >= 0.3 is 0 Å². The number of hydrogen-bond acceptors (Lipinski definition) is 3. The zero-order chi connectivity index (χ0) is 12.7. The first-order valence-corrected chi connectivity index (χ1v) is 7.43. The summed E-state index contributed by atoms with van der Waals surface area (Å²) in [6, 6.07) is 5.24. The van der Waals surface area contributed by atoms with E-state index < -0.39 is 0 Å². The molecule has 2 N–H and O–H groups in total. The van der Waals surface area contributed by atoms with Crippen molar-refractivity contribution in [2.75, 3.05) is 5.73 Å². The van der Waals surface area contributed by atoms with Gasteiger partial charge in [0.1, 0.15) is 5.82 Å². The quantitative estimate of drug-likeness (QED) is 0.922. The monoisotopic (exact) mass is 326 g/mol. The Kier molecular flexibility index (Phi) is 3.11. The van der Waals surface area contributed by atoms with Crippen LogP contribution >= 0.6 is 27.3 Å². The Balaban J connectivity index is 1.89. The molecule has 1 aromatic heterocycles. The zero-order valence-electron chi connectivity index (χ0n) is 9.62. The minimum Gasteiger partial charge on any atom is -0.375 e. The van der Waals surface area contributed by atoms with Crippen molar-refractivity contribution in [1.82, 2.24) is 4.98 Å². The van der Waals surface area contributed by atoms with Crippen LogP contribution in [0.3, 0.4) is 0 Å². The standard InChI is InChI=1S/C13H12BrFN2S/c14-9-4-1-7(5-10(9)15)6-11-12(8-2-3-8)17-13(16)18-11/h1,4-5,8H,2-3,6H2,(H2,16,17). The Morgan fingerprint density at radius 3 is 2.89 bits per heavy atom. The summed E-state index contributed by atoms with van der Waals surface area (Å²) < 4.78 is 14.0. The van der Waals surface area contributed by atoms with Crippen LogP contribution in [0.15, 0.2) is 22.7 Å². The Labute approximate surface area is 117 Å². The van der Waals surface area contributed by atoms with E-state index in [0.717, 1.165) is 11.3 Å². The van der Waals surface area contributed by atoms with E-state index in [1.807, 2.05) is 6.07 Å². The Bertz CT molecular complexity index is 593. The van der Waals surface area contributed by atoms with Crippen molar-refractivity contribution in [2.24, 2.45) is 0 Å². The molecule has 1 aromatic carbocycles. The molecule has 1 saturated carbocycles. The second kappa shape index (κ2) is 4.63. The number of anilines is 1. The van der Waals surface area contributed by atoms with Crippen LogP contribution in [0, 0.1) is 5.82 Å². The summed E-state index contributed by atoms with van der Waals surface area (Å²) >= 11 is 4.68. The van der Waals surface area contributed by atoms with Gasteiger partial charge in [0, 0.05) is 17.2 Å². The average Bonchev–Trinajstić information content (AvgIpc) is 3.09. The minimum atomic E-state index is -0.224. The summed E-state index contributed by atoms with van der Waals surface area (Å²) in [5.74, 6) is 0.354. The molecule has 0 aliphatic heterocycles. The van der Waals surface area contributed by atoms with Crippen LogP contribution in [0.4, 0.5) is 9.52 Å². The van der Waals surface area contributed by atoms with E-state index in [9.17, 15) is 4.39 Å². The third-order valence-corrected chi connectivity index (χ3v) is 4.60. The summed E-state index contributed by atoms with van der Waals surface area (Å²) in [7, 11) is 0. The first kappa shape index (κ1) is 12.1. The summed E-state index contributed by atoms with van der Waals surface area (Å²) in [6.07, 6.45) is 3.11. The molecule has 0 amide bonds. The minimum absolute atomic E-state index is 0.224. The van der Waals surface area contributed by atoms with Crippen LogP contribution in [0.1, 0.15) is 34.9 Å². The fourth-order valence-corrected chi connectivity index (χ4v) is 3.22. The van der Waals surface area contributed by atoms with Crippen molar-refractivity contribution in [3.63, 3.8) is 0 Å². The highest BCUT2D eigenvalue weighted by Crippen LogP contribution is 2.43. The number of nitrogens with zero attached hydrogens (tertiary/aromatic N) is 1. The summed E-state index contributed by atoms with van der Waals surface area (Å²) in [4.78, 5) is 5.58. The van der Waals surface area contributed by atoms with Crippen molar-refractivity contribution >= 4 is 32.4 Å². The van der Waals surface area contributed by atoms with Gasteiger partial charge in [-0.25, -0.2) is 9.37 Å². The SMILES string of the molecule is Nc1nc(C2CC2)c(Cc2ccc(Br)c(F)c2)s1. The van der Waals surface area contributed by atoms with Gasteiger partial charge in [0.2, 0.25) is 0 Å². The number of thiazole rings is 1. The fourth-order valence-electron chi connectivity index (χ4n) is 2.02. The Hall–Kier alpha value is -0.940. The summed E-state index contributed by atoms with van der Waals surface area (Å²) in [5, 5.41) is 0.615. The predicted octanol–water partition coefficient (Wildman–Crippen LogP) is 4.10. The average molecular weight is 327 g/mol. The van der Waals surface area contributed by atoms with Crippen LogP contribution in [0.25, 0.3) is 0 Å². The molecule has 0 bridgehead atoms. The Morgan fingerprint density at radius 2 is 2.22 bits per heavy atom. The highest BCUT2D eigenvalue weighted by Gasteiger charge is 2.29. The molecule has 0 atom stereocenters. The lowest BCUT2D eigenvalue weighted by Crippen LogP contribution is -1.92. The smallest absolute Gasteiger partial charge is 0.180 e. The topological polar surface area (TPSA) is 38.9 Å². The predicted molar refractivity (Wildman–Crippen MR) is 75.4 cm³/mol. The molecule has 2 aromatic rings. The number of hydrogen-bond donors (Lipinski definition) is 1. The van der Waals surface area contributed by atoms with Crippen molar-refractivity contribution in [3.8, 4) is 0 Å². The molecule has 0 radical (unpaired) electrons. The first-order chi connectivity index (χ1) is 8.63. The van der Waals surface area contributed by atoms with E-state index in [2.05, 4.69) is 20.9 Å². The first-order valence-electron chi connectivity index (χ1n) is 5.82. The van der Waals surface area contributed by atoms with Gasteiger partial charge in [-0.3, -0.25) is 0 Å².